The van der Waals surface area contributed by atoms with Crippen LogP contribution in [0.1, 0.15) is 23.6 Å². The summed E-state index contributed by atoms with van der Waals surface area (Å²) in [5.74, 6) is 2.47. The van der Waals surface area contributed by atoms with Crippen LogP contribution in [0.15, 0.2) is 48.5 Å². The van der Waals surface area contributed by atoms with Gasteiger partial charge in [0.1, 0.15) is 12.4 Å². The molecule has 0 radical (unpaired) electrons. The fourth-order valence-electron chi connectivity index (χ4n) is 2.17. The molecule has 1 atom stereocenters. The highest BCUT2D eigenvalue weighted by Crippen LogP contribution is 2.21. The molecule has 0 heterocycles. The molecule has 0 N–H and O–H groups in total. The van der Waals surface area contributed by atoms with Crippen molar-refractivity contribution in [3.63, 3.8) is 0 Å². The van der Waals surface area contributed by atoms with E-state index in [9.17, 15) is 0 Å². The molecule has 0 saturated heterocycles. The van der Waals surface area contributed by atoms with Crippen LogP contribution in [0.5, 0.6) is 5.75 Å². The number of hydrogen-bond donors (Lipinski definition) is 1. The quantitative estimate of drug-likeness (QED) is 0.758. The maximum Gasteiger partial charge on any atom is 0.120 e. The number of rotatable bonds is 6. The molecule has 2 heteroatoms. The summed E-state index contributed by atoms with van der Waals surface area (Å²) >= 11 is 4.35. The maximum atomic E-state index is 5.84. The van der Waals surface area contributed by atoms with Gasteiger partial charge in [0.05, 0.1) is 0 Å². The Kier molecular flexibility index (Phi) is 5.54. The van der Waals surface area contributed by atoms with E-state index in [-0.39, 0.29) is 0 Å². The summed E-state index contributed by atoms with van der Waals surface area (Å²) in [5, 5.41) is 0. The van der Waals surface area contributed by atoms with Crippen molar-refractivity contribution in [3.05, 3.63) is 65.2 Å². The van der Waals surface area contributed by atoms with Gasteiger partial charge in [-0.25, -0.2) is 0 Å². The van der Waals surface area contributed by atoms with Crippen LogP contribution < -0.4 is 4.74 Å². The fourth-order valence-corrected chi connectivity index (χ4v) is 2.30. The smallest absolute Gasteiger partial charge is 0.120 e. The highest BCUT2D eigenvalue weighted by Gasteiger charge is 2.06. The zero-order valence-corrected chi connectivity index (χ0v) is 13.1. The third kappa shape index (κ3) is 4.31. The Morgan fingerprint density at radius 2 is 1.85 bits per heavy atom. The molecule has 0 saturated carbocycles. The molecule has 0 fully saturated rings. The third-order valence-electron chi connectivity index (χ3n) is 3.44. The molecule has 0 aliphatic heterocycles. The van der Waals surface area contributed by atoms with Crippen molar-refractivity contribution in [1.82, 2.24) is 0 Å². The SMILES string of the molecule is Cc1cc(OCc2ccccc2)ccc1CC(C)CS. The van der Waals surface area contributed by atoms with Gasteiger partial charge in [-0.15, -0.1) is 0 Å². The number of ether oxygens (including phenoxy) is 1. The Labute approximate surface area is 127 Å². The maximum absolute atomic E-state index is 5.84. The molecule has 0 aliphatic rings. The van der Waals surface area contributed by atoms with Crippen LogP contribution in [0.4, 0.5) is 0 Å². The van der Waals surface area contributed by atoms with Gasteiger partial charge in [-0.3, -0.25) is 0 Å². The van der Waals surface area contributed by atoms with Gasteiger partial charge in [-0.1, -0.05) is 43.3 Å². The Morgan fingerprint density at radius 3 is 2.50 bits per heavy atom. The summed E-state index contributed by atoms with van der Waals surface area (Å²) in [6.45, 7) is 4.99. The van der Waals surface area contributed by atoms with E-state index in [1.165, 1.54) is 16.7 Å². The molecular formula is C18H22OS. The average Bonchev–Trinajstić information content (AvgIpc) is 2.48. The summed E-state index contributed by atoms with van der Waals surface area (Å²) in [6, 6.07) is 16.6. The fraction of sp³-hybridized carbons (Fsp3) is 0.333. The van der Waals surface area contributed by atoms with Crippen LogP contribution in [0.2, 0.25) is 0 Å². The van der Waals surface area contributed by atoms with Crippen LogP contribution in [0.3, 0.4) is 0 Å². The monoisotopic (exact) mass is 286 g/mol. The van der Waals surface area contributed by atoms with E-state index in [1.54, 1.807) is 0 Å². The van der Waals surface area contributed by atoms with Crippen molar-refractivity contribution >= 4 is 12.6 Å². The molecule has 2 aromatic carbocycles. The third-order valence-corrected chi connectivity index (χ3v) is 4.07. The van der Waals surface area contributed by atoms with Crippen molar-refractivity contribution in [1.29, 1.82) is 0 Å². The van der Waals surface area contributed by atoms with E-state index in [1.807, 2.05) is 18.2 Å². The van der Waals surface area contributed by atoms with Gasteiger partial charge in [0, 0.05) is 0 Å². The van der Waals surface area contributed by atoms with Gasteiger partial charge in [0.2, 0.25) is 0 Å². The summed E-state index contributed by atoms with van der Waals surface area (Å²) in [5.41, 5.74) is 3.88. The normalized spacial score (nSPS) is 12.2. The van der Waals surface area contributed by atoms with E-state index in [4.69, 9.17) is 4.74 Å². The summed E-state index contributed by atoms with van der Waals surface area (Å²) < 4.78 is 5.84. The largest absolute Gasteiger partial charge is 0.489 e. The Morgan fingerprint density at radius 1 is 1.10 bits per heavy atom. The van der Waals surface area contributed by atoms with Gasteiger partial charge in [-0.2, -0.15) is 12.6 Å². The molecule has 0 aromatic heterocycles. The number of benzene rings is 2. The molecule has 0 spiro atoms. The van der Waals surface area contributed by atoms with Gasteiger partial charge in [0.25, 0.3) is 0 Å². The lowest BCUT2D eigenvalue weighted by molar-refractivity contribution is 0.306. The second-order valence-electron chi connectivity index (χ2n) is 5.35. The minimum absolute atomic E-state index is 0.605. The first-order valence-electron chi connectivity index (χ1n) is 7.06. The lowest BCUT2D eigenvalue weighted by Crippen LogP contribution is -2.03. The average molecular weight is 286 g/mol. The van der Waals surface area contributed by atoms with Gasteiger partial charge < -0.3 is 4.74 Å². The molecule has 1 unspecified atom stereocenters. The minimum Gasteiger partial charge on any atom is -0.489 e. The Balaban J connectivity index is 1.98. The van der Waals surface area contributed by atoms with Gasteiger partial charge >= 0.3 is 0 Å². The molecular weight excluding hydrogens is 264 g/mol. The molecule has 0 bridgehead atoms. The summed E-state index contributed by atoms with van der Waals surface area (Å²) in [7, 11) is 0. The predicted octanol–water partition coefficient (Wildman–Crippen LogP) is 4.68. The highest BCUT2D eigenvalue weighted by molar-refractivity contribution is 7.80. The second kappa shape index (κ2) is 7.39. The minimum atomic E-state index is 0.605. The zero-order valence-electron chi connectivity index (χ0n) is 12.2. The number of thiol groups is 1. The topological polar surface area (TPSA) is 9.23 Å². The first-order valence-corrected chi connectivity index (χ1v) is 7.69. The zero-order chi connectivity index (χ0) is 14.4. The molecule has 2 aromatic rings. The van der Waals surface area contributed by atoms with Crippen LogP contribution in [-0.4, -0.2) is 5.75 Å². The van der Waals surface area contributed by atoms with Gasteiger partial charge in [-0.05, 0) is 53.8 Å². The van der Waals surface area contributed by atoms with Crippen LogP contribution in [0.25, 0.3) is 0 Å². The van der Waals surface area contributed by atoms with E-state index in [2.05, 4.69) is 56.8 Å². The van der Waals surface area contributed by atoms with E-state index >= 15 is 0 Å². The van der Waals surface area contributed by atoms with Crippen LogP contribution in [0, 0.1) is 12.8 Å². The van der Waals surface area contributed by atoms with E-state index in [0.29, 0.717) is 12.5 Å². The highest BCUT2D eigenvalue weighted by atomic mass is 32.1. The molecule has 1 nitrogen and oxygen atoms in total. The first-order chi connectivity index (χ1) is 9.69. The standard InChI is InChI=1S/C18H22OS/c1-14(13-20)10-17-8-9-18(11-15(17)2)19-12-16-6-4-3-5-7-16/h3-9,11,14,20H,10,12-13H2,1-2H3. The lowest BCUT2D eigenvalue weighted by atomic mass is 9.98. The molecule has 106 valence electrons. The lowest BCUT2D eigenvalue weighted by Gasteiger charge is -2.13. The van der Waals surface area contributed by atoms with E-state index < -0.39 is 0 Å². The van der Waals surface area contributed by atoms with Crippen LogP contribution in [-0.2, 0) is 13.0 Å². The number of hydrogen-bond acceptors (Lipinski definition) is 2. The molecule has 2 rings (SSSR count). The van der Waals surface area contributed by atoms with Crippen LogP contribution >= 0.6 is 12.6 Å². The summed E-state index contributed by atoms with van der Waals surface area (Å²) in [6.07, 6.45) is 1.08. The summed E-state index contributed by atoms with van der Waals surface area (Å²) in [4.78, 5) is 0. The van der Waals surface area contributed by atoms with Crippen molar-refractivity contribution in [2.24, 2.45) is 5.92 Å². The van der Waals surface area contributed by atoms with E-state index in [0.717, 1.165) is 17.9 Å². The molecule has 0 aliphatic carbocycles. The predicted molar refractivity (Wildman–Crippen MR) is 88.7 cm³/mol. The van der Waals surface area contributed by atoms with Gasteiger partial charge in [0.15, 0.2) is 0 Å². The van der Waals surface area contributed by atoms with Crippen molar-refractivity contribution in [3.8, 4) is 5.75 Å². The Bertz CT molecular complexity index is 536. The second-order valence-corrected chi connectivity index (χ2v) is 5.72. The van der Waals surface area contributed by atoms with Crippen molar-refractivity contribution in [2.75, 3.05) is 5.75 Å². The van der Waals surface area contributed by atoms with Crippen molar-refractivity contribution < 1.29 is 4.74 Å². The molecule has 0 amide bonds. The number of aryl methyl sites for hydroxylation is 1. The first kappa shape index (κ1) is 15.0. The Hall–Kier alpha value is -1.41. The molecule has 20 heavy (non-hydrogen) atoms. The van der Waals surface area contributed by atoms with Crippen molar-refractivity contribution in [2.45, 2.75) is 26.9 Å².